The molecule has 0 atom stereocenters. The number of nitrogens with zero attached hydrogens (tertiary/aromatic N) is 2. The first-order valence-corrected chi connectivity index (χ1v) is 6.88. The molecule has 0 saturated heterocycles. The maximum absolute atomic E-state index is 13.1. The Morgan fingerprint density at radius 2 is 2.28 bits per heavy atom. The van der Waals surface area contributed by atoms with E-state index < -0.39 is 0 Å². The molecule has 0 N–H and O–H groups in total. The summed E-state index contributed by atoms with van der Waals surface area (Å²) in [6.07, 6.45) is 5.92. The minimum Gasteiger partial charge on any atom is -0.331 e. The number of hydrogen-bond donors (Lipinski definition) is 0. The molecule has 0 aromatic heterocycles. The minimum atomic E-state index is -0.326. The molecular weight excluding hydrogens is 271 g/mol. The third-order valence-electron chi connectivity index (χ3n) is 2.84. The van der Waals surface area contributed by atoms with Crippen LogP contribution in [-0.2, 0) is 0 Å². The van der Waals surface area contributed by atoms with E-state index in [2.05, 4.69) is 9.30 Å². The molecule has 5 heteroatoms. The van der Waals surface area contributed by atoms with Gasteiger partial charge in [0.2, 0.25) is 0 Å². The van der Waals surface area contributed by atoms with Crippen molar-refractivity contribution in [2.24, 2.45) is 4.40 Å². The Hall–Kier alpha value is -1.26. The van der Waals surface area contributed by atoms with Crippen molar-refractivity contribution >= 4 is 35.0 Å². The Kier molecular flexibility index (Phi) is 3.14. The molecule has 1 aromatic carbocycles. The molecule has 2 aliphatic rings. The normalized spacial score (nSPS) is 18.2. The van der Waals surface area contributed by atoms with E-state index in [0.717, 1.165) is 29.3 Å². The van der Waals surface area contributed by atoms with Gasteiger partial charge in [0, 0.05) is 29.6 Å². The number of rotatable bonds is 1. The molecule has 1 aromatic rings. The molecule has 0 saturated carbocycles. The Balaban J connectivity index is 2.07. The van der Waals surface area contributed by atoms with Gasteiger partial charge in [-0.05, 0) is 42.3 Å². The molecule has 2 aliphatic heterocycles. The van der Waals surface area contributed by atoms with E-state index in [-0.39, 0.29) is 5.82 Å². The molecule has 92 valence electrons. The van der Waals surface area contributed by atoms with Crippen molar-refractivity contribution in [3.8, 4) is 0 Å². The number of hydrogen-bond acceptors (Lipinski definition) is 3. The lowest BCUT2D eigenvalue weighted by atomic mass is 10.0. The van der Waals surface area contributed by atoms with Gasteiger partial charge in [-0.15, -0.1) is 0 Å². The number of fused-ring (bicyclic) bond motifs is 1. The van der Waals surface area contributed by atoms with Crippen LogP contribution >= 0.6 is 23.5 Å². The standard InChI is InChI=1S/C13H10ClFN2S/c14-12-8-9(15)3-4-10(12)11-2-1-5-17-6-7-18-16-13(11)17/h1-5,8H,6-7H2. The first-order valence-electron chi connectivity index (χ1n) is 5.56. The Bertz CT molecular complexity index is 580. The summed E-state index contributed by atoms with van der Waals surface area (Å²) in [5.41, 5.74) is 1.75. The molecule has 0 radical (unpaired) electrons. The summed E-state index contributed by atoms with van der Waals surface area (Å²) < 4.78 is 17.5. The second-order valence-electron chi connectivity index (χ2n) is 3.99. The summed E-state index contributed by atoms with van der Waals surface area (Å²) in [5, 5.41) is 0.412. The van der Waals surface area contributed by atoms with E-state index in [4.69, 9.17) is 11.6 Å². The summed E-state index contributed by atoms with van der Waals surface area (Å²) >= 11 is 7.65. The predicted octanol–water partition coefficient (Wildman–Crippen LogP) is 3.75. The smallest absolute Gasteiger partial charge is 0.148 e. The maximum atomic E-state index is 13.1. The van der Waals surface area contributed by atoms with Crippen molar-refractivity contribution in [1.29, 1.82) is 0 Å². The van der Waals surface area contributed by atoms with E-state index in [1.807, 2.05) is 18.4 Å². The number of allylic oxidation sites excluding steroid dienone is 2. The number of amidine groups is 1. The highest BCUT2D eigenvalue weighted by Crippen LogP contribution is 2.31. The van der Waals surface area contributed by atoms with Gasteiger partial charge < -0.3 is 4.90 Å². The molecular formula is C13H10ClFN2S. The van der Waals surface area contributed by atoms with Gasteiger partial charge in [-0.2, -0.15) is 4.40 Å². The Morgan fingerprint density at radius 1 is 1.39 bits per heavy atom. The Labute approximate surface area is 114 Å². The fourth-order valence-corrected chi connectivity index (χ4v) is 2.95. The second-order valence-corrected chi connectivity index (χ2v) is 5.24. The largest absolute Gasteiger partial charge is 0.331 e. The lowest BCUT2D eigenvalue weighted by molar-refractivity contribution is 0.594. The summed E-state index contributed by atoms with van der Waals surface area (Å²) in [7, 11) is 0. The number of halogens is 2. The van der Waals surface area contributed by atoms with Crippen LogP contribution in [-0.4, -0.2) is 23.0 Å². The van der Waals surface area contributed by atoms with Crippen molar-refractivity contribution < 1.29 is 4.39 Å². The van der Waals surface area contributed by atoms with E-state index in [1.54, 1.807) is 18.0 Å². The summed E-state index contributed by atoms with van der Waals surface area (Å²) in [4.78, 5) is 2.09. The number of benzene rings is 1. The highest BCUT2D eigenvalue weighted by atomic mass is 35.5. The van der Waals surface area contributed by atoms with Gasteiger partial charge in [0.1, 0.15) is 11.7 Å². The van der Waals surface area contributed by atoms with Gasteiger partial charge in [-0.1, -0.05) is 11.6 Å². The fourth-order valence-electron chi connectivity index (χ4n) is 1.99. The zero-order chi connectivity index (χ0) is 12.5. The lowest BCUT2D eigenvalue weighted by Crippen LogP contribution is -2.32. The first-order chi connectivity index (χ1) is 8.75. The first kappa shape index (κ1) is 11.8. The van der Waals surface area contributed by atoms with E-state index in [1.165, 1.54) is 12.1 Å². The molecule has 18 heavy (non-hydrogen) atoms. The molecule has 0 spiro atoms. The summed E-state index contributed by atoms with van der Waals surface area (Å²) in [6, 6.07) is 4.45. The molecule has 3 rings (SSSR count). The van der Waals surface area contributed by atoms with Gasteiger partial charge in [0.15, 0.2) is 0 Å². The fraction of sp³-hybridized carbons (Fsp3) is 0.154. The van der Waals surface area contributed by atoms with Crippen LogP contribution in [0.5, 0.6) is 0 Å². The average molecular weight is 281 g/mol. The van der Waals surface area contributed by atoms with Crippen molar-refractivity contribution in [3.05, 3.63) is 53.0 Å². The third kappa shape index (κ3) is 2.06. The molecule has 2 nitrogen and oxygen atoms in total. The van der Waals surface area contributed by atoms with Crippen LogP contribution < -0.4 is 0 Å². The molecule has 0 amide bonds. The van der Waals surface area contributed by atoms with Crippen LogP contribution in [0.2, 0.25) is 5.02 Å². The SMILES string of the molecule is Fc1ccc(C2=CC=CN3CCSN=C23)c(Cl)c1. The average Bonchev–Trinajstić information content (AvgIpc) is 2.38. The van der Waals surface area contributed by atoms with Gasteiger partial charge in [-0.25, -0.2) is 4.39 Å². The van der Waals surface area contributed by atoms with Crippen molar-refractivity contribution in [2.45, 2.75) is 0 Å². The monoisotopic (exact) mass is 280 g/mol. The van der Waals surface area contributed by atoms with Gasteiger partial charge in [-0.3, -0.25) is 0 Å². The van der Waals surface area contributed by atoms with E-state index in [9.17, 15) is 4.39 Å². The van der Waals surface area contributed by atoms with Crippen molar-refractivity contribution in [3.63, 3.8) is 0 Å². The van der Waals surface area contributed by atoms with Crippen molar-refractivity contribution in [1.82, 2.24) is 4.90 Å². The van der Waals surface area contributed by atoms with Crippen LogP contribution in [0.3, 0.4) is 0 Å². The van der Waals surface area contributed by atoms with Crippen LogP contribution in [0.25, 0.3) is 5.57 Å². The summed E-state index contributed by atoms with van der Waals surface area (Å²) in [5.74, 6) is 1.54. The van der Waals surface area contributed by atoms with Crippen LogP contribution in [0, 0.1) is 5.82 Å². The zero-order valence-corrected chi connectivity index (χ0v) is 11.0. The van der Waals surface area contributed by atoms with E-state index in [0.29, 0.717) is 5.02 Å². The summed E-state index contributed by atoms with van der Waals surface area (Å²) in [6.45, 7) is 0.927. The zero-order valence-electron chi connectivity index (χ0n) is 9.44. The topological polar surface area (TPSA) is 15.6 Å². The molecule has 0 fully saturated rings. The lowest BCUT2D eigenvalue weighted by Gasteiger charge is -2.29. The predicted molar refractivity (Wildman–Crippen MR) is 75.1 cm³/mol. The highest BCUT2D eigenvalue weighted by molar-refractivity contribution is 7.98. The van der Waals surface area contributed by atoms with Crippen LogP contribution in [0.15, 0.2) is 40.9 Å². The van der Waals surface area contributed by atoms with Gasteiger partial charge in [0.25, 0.3) is 0 Å². The molecule has 0 aliphatic carbocycles. The quantitative estimate of drug-likeness (QED) is 0.728. The maximum Gasteiger partial charge on any atom is 0.148 e. The molecule has 0 bridgehead atoms. The third-order valence-corrected chi connectivity index (χ3v) is 3.82. The van der Waals surface area contributed by atoms with Crippen LogP contribution in [0.4, 0.5) is 4.39 Å². The van der Waals surface area contributed by atoms with Gasteiger partial charge in [0.05, 0.1) is 5.02 Å². The molecule has 0 unspecified atom stereocenters. The second kappa shape index (κ2) is 4.78. The Morgan fingerprint density at radius 3 is 3.11 bits per heavy atom. The molecule has 2 heterocycles. The minimum absolute atomic E-state index is 0.326. The highest BCUT2D eigenvalue weighted by Gasteiger charge is 2.22. The van der Waals surface area contributed by atoms with Crippen molar-refractivity contribution in [2.75, 3.05) is 12.3 Å². The van der Waals surface area contributed by atoms with Gasteiger partial charge >= 0.3 is 0 Å². The van der Waals surface area contributed by atoms with E-state index >= 15 is 0 Å². The van der Waals surface area contributed by atoms with Crippen LogP contribution in [0.1, 0.15) is 5.56 Å².